The van der Waals surface area contributed by atoms with Crippen molar-refractivity contribution in [1.82, 2.24) is 9.88 Å². The number of hydrogen-bond donors (Lipinski definition) is 2. The third-order valence-electron chi connectivity index (χ3n) is 5.14. The molecule has 1 heterocycles. The number of rotatable bonds is 9. The molecule has 1 fully saturated rings. The van der Waals surface area contributed by atoms with Crippen LogP contribution in [0.2, 0.25) is 0 Å². The Morgan fingerprint density at radius 3 is 2.73 bits per heavy atom. The highest BCUT2D eigenvalue weighted by Crippen LogP contribution is 2.33. The van der Waals surface area contributed by atoms with E-state index in [-0.39, 0.29) is 49.0 Å². The number of ketones is 1. The van der Waals surface area contributed by atoms with Crippen molar-refractivity contribution in [3.05, 3.63) is 63.6 Å². The average molecular weight is 416 g/mol. The summed E-state index contributed by atoms with van der Waals surface area (Å²) >= 11 is 0. The largest absolute Gasteiger partial charge is 0.491 e. The van der Waals surface area contributed by atoms with E-state index >= 15 is 0 Å². The van der Waals surface area contributed by atoms with Crippen molar-refractivity contribution < 1.29 is 23.8 Å². The second-order valence-corrected chi connectivity index (χ2v) is 7.44. The van der Waals surface area contributed by atoms with E-state index in [1.165, 1.54) is 23.9 Å². The molecule has 7 nitrogen and oxygen atoms in total. The fourth-order valence-electron chi connectivity index (χ4n) is 3.50. The number of pyridine rings is 1. The van der Waals surface area contributed by atoms with Gasteiger partial charge in [-0.1, -0.05) is 12.1 Å². The van der Waals surface area contributed by atoms with Crippen molar-refractivity contribution in [3.63, 3.8) is 0 Å². The van der Waals surface area contributed by atoms with Crippen molar-refractivity contribution in [2.75, 3.05) is 20.3 Å². The summed E-state index contributed by atoms with van der Waals surface area (Å²) in [5.41, 5.74) is 0.357. The highest BCUT2D eigenvalue weighted by molar-refractivity contribution is 6.00. The van der Waals surface area contributed by atoms with Crippen LogP contribution in [0.3, 0.4) is 0 Å². The lowest BCUT2D eigenvalue weighted by Crippen LogP contribution is -2.33. The fraction of sp³-hybridized carbons (Fsp3) is 0.409. The lowest BCUT2D eigenvalue weighted by Gasteiger charge is -2.28. The number of aromatic nitrogens is 1. The summed E-state index contributed by atoms with van der Waals surface area (Å²) in [6.45, 7) is 0.166. The number of Topliss-reactive ketones (excluding diaryl/α,β-unsaturated/α-hetero) is 1. The molecule has 1 aliphatic rings. The van der Waals surface area contributed by atoms with Crippen molar-refractivity contribution >= 4 is 11.7 Å². The van der Waals surface area contributed by atoms with E-state index < -0.39 is 17.6 Å². The Labute approximate surface area is 173 Å². The van der Waals surface area contributed by atoms with Gasteiger partial charge in [0, 0.05) is 25.2 Å². The summed E-state index contributed by atoms with van der Waals surface area (Å²) in [6.07, 6.45) is 1.53. The molecule has 2 N–H and O–H groups in total. The van der Waals surface area contributed by atoms with Gasteiger partial charge in [0.05, 0.1) is 13.2 Å². The molecule has 0 radical (unpaired) electrons. The van der Waals surface area contributed by atoms with Crippen LogP contribution in [0, 0.1) is 5.92 Å². The fourth-order valence-corrected chi connectivity index (χ4v) is 3.50. The maximum absolute atomic E-state index is 13.1. The van der Waals surface area contributed by atoms with Crippen molar-refractivity contribution in [3.8, 4) is 5.75 Å². The number of aliphatic hydroxyl groups excluding tert-OH is 1. The van der Waals surface area contributed by atoms with Crippen LogP contribution in [-0.4, -0.2) is 47.8 Å². The van der Waals surface area contributed by atoms with Crippen LogP contribution < -0.4 is 15.6 Å². The molecule has 0 spiro atoms. The quantitative estimate of drug-likeness (QED) is 0.609. The second kappa shape index (κ2) is 9.67. The molecule has 1 aromatic heterocycles. The van der Waals surface area contributed by atoms with Crippen LogP contribution >= 0.6 is 0 Å². The molecule has 0 atom stereocenters. The van der Waals surface area contributed by atoms with Crippen LogP contribution in [0.5, 0.6) is 5.75 Å². The summed E-state index contributed by atoms with van der Waals surface area (Å²) in [7, 11) is 1.42. The predicted molar refractivity (Wildman–Crippen MR) is 109 cm³/mol. The van der Waals surface area contributed by atoms with E-state index in [1.54, 1.807) is 24.3 Å². The first-order valence-electron chi connectivity index (χ1n) is 9.87. The number of amides is 1. The van der Waals surface area contributed by atoms with Gasteiger partial charge < -0.3 is 19.7 Å². The molecule has 0 aliphatic heterocycles. The predicted octanol–water partition coefficient (Wildman–Crippen LogP) is 1.95. The minimum atomic E-state index is -0.849. The Morgan fingerprint density at radius 1 is 1.30 bits per heavy atom. The zero-order valence-electron chi connectivity index (χ0n) is 16.8. The van der Waals surface area contributed by atoms with E-state index in [9.17, 15) is 18.8 Å². The van der Waals surface area contributed by atoms with Gasteiger partial charge in [-0.15, -0.1) is 0 Å². The molecule has 1 aliphatic carbocycles. The minimum Gasteiger partial charge on any atom is -0.491 e. The summed E-state index contributed by atoms with van der Waals surface area (Å²) in [5.74, 6) is -0.252. The standard InChI is InChI=1S/C22H25FN2O5/c1-24-21(28)19-11-16(20(27)10-15-7-17(23)8-15)13-25(22(19)29)12-14-3-2-4-18(9-14)30-6-5-26/h2-4,9,11,13,15,17,26H,5-8,10,12H2,1H3,(H,24,28). The third-order valence-corrected chi connectivity index (χ3v) is 5.14. The Hall–Kier alpha value is -3.00. The topological polar surface area (TPSA) is 97.6 Å². The second-order valence-electron chi connectivity index (χ2n) is 7.44. The van der Waals surface area contributed by atoms with Gasteiger partial charge in [0.1, 0.15) is 24.1 Å². The van der Waals surface area contributed by atoms with Crippen LogP contribution in [0.15, 0.2) is 41.3 Å². The first kappa shape index (κ1) is 21.7. The van der Waals surface area contributed by atoms with Gasteiger partial charge in [0.25, 0.3) is 11.5 Å². The summed E-state index contributed by atoms with van der Waals surface area (Å²) < 4.78 is 19.8. The van der Waals surface area contributed by atoms with Crippen LogP contribution in [0.25, 0.3) is 0 Å². The number of ether oxygens (including phenoxy) is 1. The molecule has 30 heavy (non-hydrogen) atoms. The van der Waals surface area contributed by atoms with Gasteiger partial charge in [-0.3, -0.25) is 14.4 Å². The number of nitrogens with zero attached hydrogens (tertiary/aromatic N) is 1. The monoisotopic (exact) mass is 416 g/mol. The Morgan fingerprint density at radius 2 is 2.07 bits per heavy atom. The van der Waals surface area contributed by atoms with Crippen LogP contribution in [-0.2, 0) is 6.54 Å². The van der Waals surface area contributed by atoms with Gasteiger partial charge in [-0.05, 0) is 42.5 Å². The van der Waals surface area contributed by atoms with E-state index in [0.29, 0.717) is 18.6 Å². The van der Waals surface area contributed by atoms with Crippen molar-refractivity contribution in [2.24, 2.45) is 5.92 Å². The first-order valence-corrected chi connectivity index (χ1v) is 9.87. The zero-order chi connectivity index (χ0) is 21.7. The van der Waals surface area contributed by atoms with Gasteiger partial charge in [-0.2, -0.15) is 0 Å². The molecule has 160 valence electrons. The Balaban J connectivity index is 1.89. The average Bonchev–Trinajstić information content (AvgIpc) is 2.72. The Bertz CT molecular complexity index is 982. The maximum Gasteiger partial charge on any atom is 0.263 e. The number of nitrogens with one attached hydrogen (secondary N) is 1. The molecular weight excluding hydrogens is 391 g/mol. The zero-order valence-corrected chi connectivity index (χ0v) is 16.8. The number of hydrogen-bond acceptors (Lipinski definition) is 5. The van der Waals surface area contributed by atoms with Crippen molar-refractivity contribution in [1.29, 1.82) is 0 Å². The van der Waals surface area contributed by atoms with E-state index in [4.69, 9.17) is 9.84 Å². The third kappa shape index (κ3) is 5.13. The van der Waals surface area contributed by atoms with Gasteiger partial charge in [0.15, 0.2) is 5.78 Å². The molecule has 8 heteroatoms. The van der Waals surface area contributed by atoms with Gasteiger partial charge >= 0.3 is 0 Å². The van der Waals surface area contributed by atoms with Crippen molar-refractivity contribution in [2.45, 2.75) is 32.0 Å². The molecule has 0 saturated heterocycles. The molecule has 0 unspecified atom stereocenters. The van der Waals surface area contributed by atoms with E-state index in [1.807, 2.05) is 0 Å². The highest BCUT2D eigenvalue weighted by atomic mass is 19.1. The molecule has 1 aromatic carbocycles. The Kier molecular flexibility index (Phi) is 6.99. The number of benzene rings is 1. The number of halogens is 1. The normalized spacial score (nSPS) is 17.8. The summed E-state index contributed by atoms with van der Waals surface area (Å²) in [5, 5.41) is 11.3. The number of alkyl halides is 1. The maximum atomic E-state index is 13.1. The lowest BCUT2D eigenvalue weighted by atomic mass is 9.79. The smallest absolute Gasteiger partial charge is 0.263 e. The highest BCUT2D eigenvalue weighted by Gasteiger charge is 2.31. The molecule has 0 bridgehead atoms. The minimum absolute atomic E-state index is 0.00307. The SMILES string of the molecule is CNC(=O)c1cc(C(=O)CC2CC(F)C2)cn(Cc2cccc(OCCO)c2)c1=O. The van der Waals surface area contributed by atoms with Crippen LogP contribution in [0.4, 0.5) is 4.39 Å². The molecule has 3 rings (SSSR count). The number of aliphatic hydroxyl groups is 1. The van der Waals surface area contributed by atoms with Gasteiger partial charge in [-0.25, -0.2) is 4.39 Å². The van der Waals surface area contributed by atoms with E-state index in [2.05, 4.69) is 5.32 Å². The molecule has 2 aromatic rings. The summed E-state index contributed by atoms with van der Waals surface area (Å²) in [6, 6.07) is 8.32. The number of carbonyl (C=O) groups is 2. The number of carbonyl (C=O) groups excluding carboxylic acids is 2. The summed E-state index contributed by atoms with van der Waals surface area (Å²) in [4.78, 5) is 37.7. The molecule has 1 amide bonds. The van der Waals surface area contributed by atoms with Gasteiger partial charge in [0.2, 0.25) is 0 Å². The van der Waals surface area contributed by atoms with Crippen LogP contribution in [0.1, 0.15) is 45.5 Å². The molecular formula is C22H25FN2O5. The lowest BCUT2D eigenvalue weighted by molar-refractivity contribution is 0.0839. The first-order chi connectivity index (χ1) is 14.4. The molecule has 1 saturated carbocycles. The van der Waals surface area contributed by atoms with E-state index in [0.717, 1.165) is 5.56 Å².